The maximum Gasteiger partial charge on any atom is 0.0408 e. The van der Waals surface area contributed by atoms with Crippen molar-refractivity contribution in [2.75, 3.05) is 6.54 Å². The number of hydrogen-bond donors (Lipinski definition) is 1. The zero-order valence-electron chi connectivity index (χ0n) is 12.3. The summed E-state index contributed by atoms with van der Waals surface area (Å²) in [7, 11) is 0. The smallest absolute Gasteiger partial charge is 0.0408 e. The molecule has 20 heavy (non-hydrogen) atoms. The highest BCUT2D eigenvalue weighted by molar-refractivity contribution is 6.30. The second kappa shape index (κ2) is 6.95. The van der Waals surface area contributed by atoms with E-state index in [9.17, 15) is 0 Å². The first-order chi connectivity index (χ1) is 9.79. The first-order valence-electron chi connectivity index (χ1n) is 8.27. The fraction of sp³-hybridized carbons (Fsp3) is 0.667. The van der Waals surface area contributed by atoms with E-state index in [-0.39, 0.29) is 0 Å². The molecule has 1 aromatic rings. The highest BCUT2D eigenvalue weighted by atomic mass is 35.5. The molecule has 1 nitrogen and oxygen atoms in total. The Morgan fingerprint density at radius 1 is 1.15 bits per heavy atom. The fourth-order valence-electron chi connectivity index (χ4n) is 3.57. The minimum atomic E-state index is 0.775. The van der Waals surface area contributed by atoms with Crippen LogP contribution < -0.4 is 5.32 Å². The van der Waals surface area contributed by atoms with Crippen molar-refractivity contribution < 1.29 is 0 Å². The molecule has 2 aliphatic rings. The largest absolute Gasteiger partial charge is 0.314 e. The van der Waals surface area contributed by atoms with E-state index in [1.165, 1.54) is 63.5 Å². The fourth-order valence-corrected chi connectivity index (χ4v) is 3.79. The van der Waals surface area contributed by atoms with Crippen LogP contribution in [0.25, 0.3) is 0 Å². The van der Waals surface area contributed by atoms with E-state index in [0.29, 0.717) is 0 Å². The minimum Gasteiger partial charge on any atom is -0.314 e. The quantitative estimate of drug-likeness (QED) is 0.758. The average molecular weight is 292 g/mol. The van der Waals surface area contributed by atoms with Crippen LogP contribution >= 0.6 is 11.6 Å². The summed E-state index contributed by atoms with van der Waals surface area (Å²) in [6.07, 6.45) is 11.1. The van der Waals surface area contributed by atoms with Gasteiger partial charge in [0.2, 0.25) is 0 Å². The van der Waals surface area contributed by atoms with Crippen molar-refractivity contribution in [3.63, 3.8) is 0 Å². The molecule has 0 amide bonds. The van der Waals surface area contributed by atoms with Gasteiger partial charge in [0.15, 0.2) is 0 Å². The third kappa shape index (κ3) is 4.49. The third-order valence-electron chi connectivity index (χ3n) is 4.83. The normalized spacial score (nSPS) is 21.2. The Morgan fingerprint density at radius 2 is 1.95 bits per heavy atom. The lowest BCUT2D eigenvalue weighted by Gasteiger charge is -2.21. The maximum absolute atomic E-state index is 6.12. The molecular weight excluding hydrogens is 266 g/mol. The molecule has 1 unspecified atom stereocenters. The molecule has 0 saturated heterocycles. The Kier molecular flexibility index (Phi) is 5.01. The third-order valence-corrected chi connectivity index (χ3v) is 5.06. The molecule has 0 aromatic heterocycles. The van der Waals surface area contributed by atoms with Gasteiger partial charge in [0.1, 0.15) is 0 Å². The standard InChI is InChI=1S/C18H26ClN/c19-17-7-3-6-15(12-17)11-16(13-20-18-8-9-18)10-14-4-1-2-5-14/h3,6-7,12,14,16,18,20H,1-2,4-5,8-11,13H2. The van der Waals surface area contributed by atoms with E-state index >= 15 is 0 Å². The number of hydrogen-bond acceptors (Lipinski definition) is 1. The van der Waals surface area contributed by atoms with E-state index in [2.05, 4.69) is 23.5 Å². The molecule has 0 heterocycles. The van der Waals surface area contributed by atoms with Gasteiger partial charge in [0, 0.05) is 11.1 Å². The van der Waals surface area contributed by atoms with E-state index in [1.54, 1.807) is 0 Å². The van der Waals surface area contributed by atoms with Crippen LogP contribution in [0, 0.1) is 11.8 Å². The lowest BCUT2D eigenvalue weighted by molar-refractivity contribution is 0.356. The van der Waals surface area contributed by atoms with Crippen molar-refractivity contribution in [1.82, 2.24) is 5.32 Å². The predicted octanol–water partition coefficient (Wildman–Crippen LogP) is 4.83. The van der Waals surface area contributed by atoms with Gasteiger partial charge in [0.25, 0.3) is 0 Å². The van der Waals surface area contributed by atoms with Gasteiger partial charge in [-0.25, -0.2) is 0 Å². The van der Waals surface area contributed by atoms with Crippen molar-refractivity contribution in [1.29, 1.82) is 0 Å². The second-order valence-electron chi connectivity index (χ2n) is 6.77. The maximum atomic E-state index is 6.12. The summed E-state index contributed by atoms with van der Waals surface area (Å²) in [5.74, 6) is 1.75. The van der Waals surface area contributed by atoms with E-state index in [0.717, 1.165) is 22.9 Å². The molecule has 3 rings (SSSR count). The first-order valence-corrected chi connectivity index (χ1v) is 8.65. The van der Waals surface area contributed by atoms with Crippen LogP contribution in [0.4, 0.5) is 0 Å². The molecule has 2 aliphatic carbocycles. The summed E-state index contributed by atoms with van der Waals surface area (Å²) in [5, 5.41) is 4.60. The van der Waals surface area contributed by atoms with Crippen LogP contribution in [-0.4, -0.2) is 12.6 Å². The molecule has 1 N–H and O–H groups in total. The molecule has 1 aromatic carbocycles. The van der Waals surface area contributed by atoms with Crippen molar-refractivity contribution in [2.24, 2.45) is 11.8 Å². The Hall–Kier alpha value is -0.530. The van der Waals surface area contributed by atoms with Crippen molar-refractivity contribution in [2.45, 2.75) is 57.4 Å². The lowest BCUT2D eigenvalue weighted by Crippen LogP contribution is -2.27. The van der Waals surface area contributed by atoms with Crippen molar-refractivity contribution in [3.8, 4) is 0 Å². The van der Waals surface area contributed by atoms with Gasteiger partial charge in [0.05, 0.1) is 0 Å². The van der Waals surface area contributed by atoms with Crippen molar-refractivity contribution in [3.05, 3.63) is 34.9 Å². The summed E-state index contributed by atoms with van der Waals surface area (Å²) in [4.78, 5) is 0. The van der Waals surface area contributed by atoms with E-state index < -0.39 is 0 Å². The molecule has 0 aliphatic heterocycles. The monoisotopic (exact) mass is 291 g/mol. The number of halogens is 1. The number of benzene rings is 1. The summed E-state index contributed by atoms with van der Waals surface area (Å²) in [5.41, 5.74) is 1.40. The first kappa shape index (κ1) is 14.4. The summed E-state index contributed by atoms with van der Waals surface area (Å²) in [6.45, 7) is 1.19. The summed E-state index contributed by atoms with van der Waals surface area (Å²) >= 11 is 6.12. The molecule has 2 saturated carbocycles. The SMILES string of the molecule is Clc1cccc(CC(CNC2CC2)CC2CCCC2)c1. The van der Waals surface area contributed by atoms with Crippen LogP contribution in [0.2, 0.25) is 5.02 Å². The molecule has 2 heteroatoms. The molecule has 2 fully saturated rings. The van der Waals surface area contributed by atoms with Gasteiger partial charge >= 0.3 is 0 Å². The lowest BCUT2D eigenvalue weighted by atomic mass is 9.88. The number of rotatable bonds is 7. The number of nitrogens with one attached hydrogen (secondary N) is 1. The molecule has 110 valence electrons. The van der Waals surface area contributed by atoms with Crippen molar-refractivity contribution >= 4 is 11.6 Å². The molecule has 0 spiro atoms. The summed E-state index contributed by atoms with van der Waals surface area (Å²) < 4.78 is 0. The minimum absolute atomic E-state index is 0.775. The molecule has 0 radical (unpaired) electrons. The zero-order chi connectivity index (χ0) is 13.8. The Morgan fingerprint density at radius 3 is 2.65 bits per heavy atom. The Balaban J connectivity index is 1.57. The van der Waals surface area contributed by atoms with Gasteiger partial charge in [-0.15, -0.1) is 0 Å². The van der Waals surface area contributed by atoms with Gasteiger partial charge < -0.3 is 5.32 Å². The van der Waals surface area contributed by atoms with E-state index in [1.807, 2.05) is 6.07 Å². The van der Waals surface area contributed by atoms with Crippen LogP contribution in [0.15, 0.2) is 24.3 Å². The Labute approximate surface area is 128 Å². The van der Waals surface area contributed by atoms with Gasteiger partial charge in [-0.05, 0) is 61.8 Å². The Bertz CT molecular complexity index is 421. The molecule has 1 atom stereocenters. The molecule has 0 bridgehead atoms. The predicted molar refractivity (Wildman–Crippen MR) is 86.2 cm³/mol. The van der Waals surface area contributed by atoms with Gasteiger partial charge in [-0.2, -0.15) is 0 Å². The molecular formula is C18H26ClN. The van der Waals surface area contributed by atoms with Gasteiger partial charge in [-0.1, -0.05) is 49.4 Å². The topological polar surface area (TPSA) is 12.0 Å². The average Bonchev–Trinajstić information content (AvgIpc) is 3.12. The van der Waals surface area contributed by atoms with Crippen LogP contribution in [0.5, 0.6) is 0 Å². The van der Waals surface area contributed by atoms with Crippen LogP contribution in [0.3, 0.4) is 0 Å². The van der Waals surface area contributed by atoms with Crippen LogP contribution in [-0.2, 0) is 6.42 Å². The highest BCUT2D eigenvalue weighted by Crippen LogP contribution is 2.32. The highest BCUT2D eigenvalue weighted by Gasteiger charge is 2.24. The van der Waals surface area contributed by atoms with Crippen LogP contribution in [0.1, 0.15) is 50.5 Å². The second-order valence-corrected chi connectivity index (χ2v) is 7.21. The summed E-state index contributed by atoms with van der Waals surface area (Å²) in [6, 6.07) is 9.24. The van der Waals surface area contributed by atoms with Gasteiger partial charge in [-0.3, -0.25) is 0 Å². The van der Waals surface area contributed by atoms with E-state index in [4.69, 9.17) is 11.6 Å². The zero-order valence-corrected chi connectivity index (χ0v) is 13.0.